The van der Waals surface area contributed by atoms with Gasteiger partial charge in [0, 0.05) is 18.7 Å². The van der Waals surface area contributed by atoms with Crippen LogP contribution in [0, 0.1) is 0 Å². The zero-order valence-electron chi connectivity index (χ0n) is 14.4. The Bertz CT molecular complexity index is 710. The number of ketones is 2. The van der Waals surface area contributed by atoms with Gasteiger partial charge < -0.3 is 4.74 Å². The Morgan fingerprint density at radius 1 is 0.958 bits per heavy atom. The molecule has 0 fully saturated rings. The smallest absolute Gasteiger partial charge is 0.164 e. The van der Waals surface area contributed by atoms with E-state index in [4.69, 9.17) is 4.74 Å². The summed E-state index contributed by atoms with van der Waals surface area (Å²) in [6, 6.07) is 15.3. The molecule has 0 aliphatic rings. The highest BCUT2D eigenvalue weighted by Gasteiger charge is 2.16. The zero-order chi connectivity index (χ0) is 17.5. The van der Waals surface area contributed by atoms with Gasteiger partial charge >= 0.3 is 0 Å². The quantitative estimate of drug-likeness (QED) is 0.696. The number of likely N-dealkylation sites (N-methyl/N-ethyl adjacent to an activating group) is 1. The second kappa shape index (κ2) is 8.41. The number of carbonyl (C=O) groups is 2. The van der Waals surface area contributed by atoms with E-state index in [0.717, 1.165) is 13.1 Å². The molecule has 0 aliphatic carbocycles. The lowest BCUT2D eigenvalue weighted by Gasteiger charge is -2.18. The molecule has 0 atom stereocenters. The molecular weight excluding hydrogens is 302 g/mol. The molecule has 0 heterocycles. The molecule has 0 aromatic heterocycles. The highest BCUT2D eigenvalue weighted by molar-refractivity contribution is 6.08. The van der Waals surface area contributed by atoms with Crippen LogP contribution in [-0.2, 0) is 6.54 Å². The van der Waals surface area contributed by atoms with Gasteiger partial charge in [0.15, 0.2) is 11.6 Å². The van der Waals surface area contributed by atoms with Crippen LogP contribution >= 0.6 is 0 Å². The Morgan fingerprint density at radius 3 is 2.29 bits per heavy atom. The largest absolute Gasteiger partial charge is 0.491 e. The van der Waals surface area contributed by atoms with E-state index < -0.39 is 0 Å². The maximum absolute atomic E-state index is 11.9. The van der Waals surface area contributed by atoms with E-state index in [1.165, 1.54) is 19.4 Å². The molecule has 0 saturated carbocycles. The molecule has 4 nitrogen and oxygen atoms in total. The molecule has 126 valence electrons. The predicted molar refractivity (Wildman–Crippen MR) is 94.7 cm³/mol. The molecule has 2 rings (SSSR count). The van der Waals surface area contributed by atoms with Gasteiger partial charge in [-0.1, -0.05) is 42.5 Å². The fourth-order valence-corrected chi connectivity index (χ4v) is 2.59. The third kappa shape index (κ3) is 4.77. The highest BCUT2D eigenvalue weighted by atomic mass is 16.5. The van der Waals surface area contributed by atoms with Gasteiger partial charge in [0.25, 0.3) is 0 Å². The van der Waals surface area contributed by atoms with Crippen molar-refractivity contribution in [2.45, 2.75) is 20.4 Å². The second-order valence-corrected chi connectivity index (χ2v) is 5.86. The van der Waals surface area contributed by atoms with Crippen LogP contribution in [-0.4, -0.2) is 36.7 Å². The Kier molecular flexibility index (Phi) is 6.27. The maximum atomic E-state index is 11.9. The number of Topliss-reactive ketones (excluding diaryl/α,β-unsaturated/α-hetero) is 2. The van der Waals surface area contributed by atoms with Gasteiger partial charge in [0.1, 0.15) is 12.4 Å². The first-order valence-corrected chi connectivity index (χ1v) is 7.99. The van der Waals surface area contributed by atoms with Crippen molar-refractivity contribution in [3.63, 3.8) is 0 Å². The topological polar surface area (TPSA) is 46.6 Å². The summed E-state index contributed by atoms with van der Waals surface area (Å²) in [5.41, 5.74) is 2.02. The predicted octanol–water partition coefficient (Wildman–Crippen LogP) is 3.60. The average Bonchev–Trinajstić information content (AvgIpc) is 2.55. The van der Waals surface area contributed by atoms with Gasteiger partial charge in [-0.2, -0.15) is 0 Å². The van der Waals surface area contributed by atoms with Crippen LogP contribution in [0.1, 0.15) is 40.1 Å². The summed E-state index contributed by atoms with van der Waals surface area (Å²) in [6.07, 6.45) is 0. The van der Waals surface area contributed by atoms with Gasteiger partial charge in [-0.05, 0) is 32.5 Å². The monoisotopic (exact) mass is 325 g/mol. The number of ether oxygens (including phenoxy) is 1. The lowest BCUT2D eigenvalue weighted by atomic mass is 10.0. The number of rotatable bonds is 8. The molecule has 0 bridgehead atoms. The fourth-order valence-electron chi connectivity index (χ4n) is 2.59. The maximum Gasteiger partial charge on any atom is 0.164 e. The average molecular weight is 325 g/mol. The first kappa shape index (κ1) is 17.9. The molecule has 0 saturated heterocycles. The zero-order valence-corrected chi connectivity index (χ0v) is 14.4. The Hall–Kier alpha value is -2.46. The molecule has 0 unspecified atom stereocenters. The normalized spacial score (nSPS) is 10.7. The van der Waals surface area contributed by atoms with Crippen LogP contribution in [0.3, 0.4) is 0 Å². The first-order chi connectivity index (χ1) is 11.5. The lowest BCUT2D eigenvalue weighted by Crippen LogP contribution is -2.24. The molecular formula is C20H23NO3. The van der Waals surface area contributed by atoms with Crippen LogP contribution in [0.2, 0.25) is 0 Å². The number of carbonyl (C=O) groups excluding carboxylic acids is 2. The van der Waals surface area contributed by atoms with E-state index >= 15 is 0 Å². The van der Waals surface area contributed by atoms with Gasteiger partial charge in [-0.15, -0.1) is 0 Å². The minimum absolute atomic E-state index is 0.133. The molecule has 4 heteroatoms. The molecule has 2 aromatic carbocycles. The summed E-state index contributed by atoms with van der Waals surface area (Å²) < 4.78 is 5.78. The summed E-state index contributed by atoms with van der Waals surface area (Å²) in [4.78, 5) is 25.7. The van der Waals surface area contributed by atoms with E-state index in [1.54, 1.807) is 18.2 Å². The van der Waals surface area contributed by atoms with Gasteiger partial charge in [0.2, 0.25) is 0 Å². The number of nitrogens with zero attached hydrogens (tertiary/aromatic N) is 1. The molecule has 0 aliphatic heterocycles. The van der Waals surface area contributed by atoms with Crippen molar-refractivity contribution in [2.24, 2.45) is 0 Å². The molecule has 24 heavy (non-hydrogen) atoms. The van der Waals surface area contributed by atoms with Gasteiger partial charge in [-0.3, -0.25) is 14.5 Å². The van der Waals surface area contributed by atoms with Gasteiger partial charge in [0.05, 0.1) is 5.56 Å². The summed E-state index contributed by atoms with van der Waals surface area (Å²) in [5.74, 6) is 0.184. The van der Waals surface area contributed by atoms with E-state index in [0.29, 0.717) is 23.5 Å². The van der Waals surface area contributed by atoms with Crippen LogP contribution in [0.5, 0.6) is 5.75 Å². The summed E-state index contributed by atoms with van der Waals surface area (Å²) in [5, 5.41) is 0. The third-order valence-electron chi connectivity index (χ3n) is 3.78. The fraction of sp³-hybridized carbons (Fsp3) is 0.300. The molecule has 0 N–H and O–H groups in total. The van der Waals surface area contributed by atoms with Gasteiger partial charge in [-0.25, -0.2) is 0 Å². The van der Waals surface area contributed by atoms with E-state index in [-0.39, 0.29) is 11.6 Å². The molecule has 0 spiro atoms. The number of benzene rings is 2. The van der Waals surface area contributed by atoms with Crippen LogP contribution < -0.4 is 4.74 Å². The standard InChI is InChI=1S/C20H23NO3/c1-15(22)18-10-7-11-19(20(18)16(2)23)24-13-12-21(3)14-17-8-5-4-6-9-17/h4-11H,12-14H2,1-3H3. The Balaban J connectivity index is 1.98. The van der Waals surface area contributed by atoms with Crippen LogP contribution in [0.4, 0.5) is 0 Å². The highest BCUT2D eigenvalue weighted by Crippen LogP contribution is 2.23. The van der Waals surface area contributed by atoms with Crippen molar-refractivity contribution in [3.05, 3.63) is 65.2 Å². The van der Waals surface area contributed by atoms with Crippen LogP contribution in [0.15, 0.2) is 48.5 Å². The SMILES string of the molecule is CC(=O)c1cccc(OCCN(C)Cc2ccccc2)c1C(C)=O. The summed E-state index contributed by atoms with van der Waals surface area (Å²) in [7, 11) is 2.02. The molecule has 2 aromatic rings. The van der Waals surface area contributed by atoms with Crippen molar-refractivity contribution >= 4 is 11.6 Å². The summed E-state index contributed by atoms with van der Waals surface area (Å²) in [6.45, 7) is 4.91. The number of hydrogen-bond acceptors (Lipinski definition) is 4. The Labute approximate surface area is 143 Å². The third-order valence-corrected chi connectivity index (χ3v) is 3.78. The molecule has 0 amide bonds. The van der Waals surface area contributed by atoms with Crippen molar-refractivity contribution in [3.8, 4) is 5.75 Å². The lowest BCUT2D eigenvalue weighted by molar-refractivity contribution is 0.0976. The van der Waals surface area contributed by atoms with E-state index in [1.807, 2.05) is 25.2 Å². The minimum atomic E-state index is -0.159. The van der Waals surface area contributed by atoms with Crippen molar-refractivity contribution in [1.82, 2.24) is 4.90 Å². The second-order valence-electron chi connectivity index (χ2n) is 5.86. The van der Waals surface area contributed by atoms with Crippen LogP contribution in [0.25, 0.3) is 0 Å². The minimum Gasteiger partial charge on any atom is -0.491 e. The van der Waals surface area contributed by atoms with Crippen molar-refractivity contribution < 1.29 is 14.3 Å². The van der Waals surface area contributed by atoms with E-state index in [9.17, 15) is 9.59 Å². The Morgan fingerprint density at radius 2 is 1.67 bits per heavy atom. The van der Waals surface area contributed by atoms with E-state index in [2.05, 4.69) is 17.0 Å². The van der Waals surface area contributed by atoms with Crippen molar-refractivity contribution in [1.29, 1.82) is 0 Å². The molecule has 0 radical (unpaired) electrons. The van der Waals surface area contributed by atoms with Crippen molar-refractivity contribution in [2.75, 3.05) is 20.2 Å². The number of hydrogen-bond donors (Lipinski definition) is 0. The first-order valence-electron chi connectivity index (χ1n) is 7.99. The summed E-state index contributed by atoms with van der Waals surface area (Å²) >= 11 is 0.